The van der Waals surface area contributed by atoms with Gasteiger partial charge in [-0.15, -0.1) is 0 Å². The molecule has 168 valence electrons. The van der Waals surface area contributed by atoms with E-state index in [2.05, 4.69) is 15.8 Å². The summed E-state index contributed by atoms with van der Waals surface area (Å²) in [7, 11) is 0. The molecule has 3 rings (SSSR count). The number of nitro benzene ring substituents is 1. The number of hydrogen-bond acceptors (Lipinski definition) is 6. The molecule has 0 aliphatic rings. The monoisotopic (exact) mass is 558 g/mol. The smallest absolute Gasteiger partial charge is 0.312 e. The molecule has 3 N–H and O–H groups in total. The number of nitro groups is 1. The summed E-state index contributed by atoms with van der Waals surface area (Å²) in [5, 5.41) is 27.5. The van der Waals surface area contributed by atoms with E-state index in [-0.39, 0.29) is 15.9 Å². The lowest BCUT2D eigenvalue weighted by molar-refractivity contribution is -0.386. The molecule has 0 heterocycles. The summed E-state index contributed by atoms with van der Waals surface area (Å²) in [5.74, 6) is -1.20. The molecule has 0 radical (unpaired) electrons. The van der Waals surface area contributed by atoms with Crippen molar-refractivity contribution >= 4 is 46.3 Å². The number of nitrogens with zero attached hydrogens (tertiary/aromatic N) is 2. The van der Waals surface area contributed by atoms with Gasteiger partial charge in [-0.1, -0.05) is 48.5 Å². The molecule has 0 aliphatic heterocycles. The van der Waals surface area contributed by atoms with Crippen molar-refractivity contribution in [3.63, 3.8) is 0 Å². The highest BCUT2D eigenvalue weighted by molar-refractivity contribution is 14.1. The topological polar surface area (TPSA) is 134 Å². The molecule has 0 saturated carbocycles. The Morgan fingerprint density at radius 2 is 1.73 bits per heavy atom. The highest BCUT2D eigenvalue weighted by Crippen LogP contribution is 2.31. The number of amides is 2. The van der Waals surface area contributed by atoms with Gasteiger partial charge in [0, 0.05) is 17.2 Å². The lowest BCUT2D eigenvalue weighted by atomic mass is 10.0. The van der Waals surface area contributed by atoms with Crippen molar-refractivity contribution in [3.05, 3.63) is 103 Å². The summed E-state index contributed by atoms with van der Waals surface area (Å²) in [6.45, 7) is 0. The Morgan fingerprint density at radius 1 is 1.09 bits per heavy atom. The van der Waals surface area contributed by atoms with E-state index < -0.39 is 28.3 Å². The Balaban J connectivity index is 1.70. The second-order valence-corrected chi connectivity index (χ2v) is 8.09. The minimum absolute atomic E-state index is 0.0762. The largest absolute Gasteiger partial charge is 0.501 e. The van der Waals surface area contributed by atoms with Crippen LogP contribution in [0.4, 0.5) is 5.69 Å². The highest BCUT2D eigenvalue weighted by Gasteiger charge is 2.20. The van der Waals surface area contributed by atoms with Crippen LogP contribution in [0.5, 0.6) is 5.75 Å². The fourth-order valence-corrected chi connectivity index (χ4v) is 3.63. The summed E-state index contributed by atoms with van der Waals surface area (Å²) in [6, 6.07) is 19.8. The molecule has 0 aromatic heterocycles. The summed E-state index contributed by atoms with van der Waals surface area (Å²) in [5.41, 5.74) is 3.48. The number of benzene rings is 3. The lowest BCUT2D eigenvalue weighted by Gasteiger charge is -2.18. The summed E-state index contributed by atoms with van der Waals surface area (Å²) in [6.07, 6.45) is 1.17. The minimum Gasteiger partial charge on any atom is -0.501 e. The molecule has 33 heavy (non-hydrogen) atoms. The predicted octanol–water partition coefficient (Wildman–Crippen LogP) is 3.92. The van der Waals surface area contributed by atoms with Crippen LogP contribution in [0.1, 0.15) is 33.9 Å². The minimum atomic E-state index is -0.701. The third-order valence-corrected chi connectivity index (χ3v) is 5.42. The van der Waals surface area contributed by atoms with Crippen LogP contribution in [0.3, 0.4) is 0 Å². The third kappa shape index (κ3) is 6.59. The van der Waals surface area contributed by atoms with Gasteiger partial charge in [-0.25, -0.2) is 5.43 Å². The van der Waals surface area contributed by atoms with Crippen LogP contribution in [-0.4, -0.2) is 28.1 Å². The number of nitrogens with one attached hydrogen (secondary N) is 2. The van der Waals surface area contributed by atoms with E-state index in [9.17, 15) is 24.8 Å². The Morgan fingerprint density at radius 3 is 2.36 bits per heavy atom. The van der Waals surface area contributed by atoms with Gasteiger partial charge in [-0.3, -0.25) is 19.7 Å². The standard InChI is InChI=1S/C23H19IN4O5/c24-18-11-15(12-20(22(18)30)28(32)33)14-25-27-21(29)13-19(16-7-3-1-4-8-16)26-23(31)17-9-5-2-6-10-17/h1-12,14,19,30H,13H2,(H,26,31)(H,27,29)/b25-14-/t19-/m0/s1. The highest BCUT2D eigenvalue weighted by atomic mass is 127. The van der Waals surface area contributed by atoms with E-state index in [1.54, 1.807) is 52.9 Å². The van der Waals surface area contributed by atoms with Crippen LogP contribution in [0.15, 0.2) is 77.9 Å². The van der Waals surface area contributed by atoms with Gasteiger partial charge in [-0.05, 0) is 46.4 Å². The van der Waals surface area contributed by atoms with Gasteiger partial charge >= 0.3 is 5.69 Å². The van der Waals surface area contributed by atoms with Crippen LogP contribution in [0.25, 0.3) is 0 Å². The Hall–Kier alpha value is -3.80. The molecule has 1 atom stereocenters. The summed E-state index contributed by atoms with van der Waals surface area (Å²) in [4.78, 5) is 35.5. The fraction of sp³-hybridized carbons (Fsp3) is 0.0870. The Kier molecular flexibility index (Phi) is 8.08. The molecule has 3 aromatic rings. The molecule has 0 bridgehead atoms. The molecule has 0 aliphatic carbocycles. The van der Waals surface area contributed by atoms with Crippen LogP contribution in [0.2, 0.25) is 0 Å². The van der Waals surface area contributed by atoms with Gasteiger partial charge in [0.15, 0.2) is 0 Å². The van der Waals surface area contributed by atoms with Crippen LogP contribution in [0, 0.1) is 13.7 Å². The fourth-order valence-electron chi connectivity index (χ4n) is 3.00. The van der Waals surface area contributed by atoms with Crippen LogP contribution < -0.4 is 10.7 Å². The Bertz CT molecular complexity index is 1190. The van der Waals surface area contributed by atoms with Gasteiger partial charge in [0.05, 0.1) is 27.2 Å². The molecule has 0 unspecified atom stereocenters. The number of phenolic OH excluding ortho intramolecular Hbond substituents is 1. The lowest BCUT2D eigenvalue weighted by Crippen LogP contribution is -2.32. The predicted molar refractivity (Wildman–Crippen MR) is 131 cm³/mol. The second kappa shape index (κ2) is 11.2. The molecule has 2 amide bonds. The normalized spacial score (nSPS) is 11.7. The number of hydrogen-bond donors (Lipinski definition) is 3. The Labute approximate surface area is 202 Å². The van der Waals surface area contributed by atoms with E-state index >= 15 is 0 Å². The van der Waals surface area contributed by atoms with Crippen LogP contribution >= 0.6 is 22.6 Å². The van der Waals surface area contributed by atoms with Crippen molar-refractivity contribution < 1.29 is 19.6 Å². The third-order valence-electron chi connectivity index (χ3n) is 4.60. The molecule has 9 nitrogen and oxygen atoms in total. The summed E-state index contributed by atoms with van der Waals surface area (Å²) >= 11 is 1.77. The van der Waals surface area contributed by atoms with Crippen molar-refractivity contribution in [1.29, 1.82) is 0 Å². The molecular formula is C23H19IN4O5. The second-order valence-electron chi connectivity index (χ2n) is 6.93. The quantitative estimate of drug-likeness (QED) is 0.167. The van der Waals surface area contributed by atoms with Gasteiger partial charge < -0.3 is 10.4 Å². The van der Waals surface area contributed by atoms with E-state index in [0.29, 0.717) is 11.1 Å². The number of carbonyl (C=O) groups excluding carboxylic acids is 2. The van der Waals surface area contributed by atoms with Crippen molar-refractivity contribution in [1.82, 2.24) is 10.7 Å². The zero-order valence-corrected chi connectivity index (χ0v) is 19.3. The number of phenols is 1. The first-order valence-corrected chi connectivity index (χ1v) is 10.8. The molecule has 3 aromatic carbocycles. The maximum Gasteiger partial charge on any atom is 0.312 e. The first kappa shape index (κ1) is 23.9. The SMILES string of the molecule is O=C(C[C@H](NC(=O)c1ccccc1)c1ccccc1)N/N=C\c1cc(I)c(O)c([N+](=O)[O-])c1. The number of carbonyl (C=O) groups is 2. The first-order chi connectivity index (χ1) is 15.8. The van der Waals surface area contributed by atoms with E-state index in [1.165, 1.54) is 12.3 Å². The summed E-state index contributed by atoms with van der Waals surface area (Å²) < 4.78 is 0.280. The first-order valence-electron chi connectivity index (χ1n) is 9.75. The number of aromatic hydroxyl groups is 1. The van der Waals surface area contributed by atoms with Gasteiger partial charge in [-0.2, -0.15) is 5.10 Å². The van der Waals surface area contributed by atoms with E-state index in [0.717, 1.165) is 11.6 Å². The number of rotatable bonds is 8. The molecule has 0 saturated heterocycles. The van der Waals surface area contributed by atoms with E-state index in [1.807, 2.05) is 30.3 Å². The molecule has 0 fully saturated rings. The van der Waals surface area contributed by atoms with Crippen molar-refractivity contribution in [2.24, 2.45) is 5.10 Å². The van der Waals surface area contributed by atoms with Crippen molar-refractivity contribution in [2.45, 2.75) is 12.5 Å². The van der Waals surface area contributed by atoms with Gasteiger partial charge in [0.2, 0.25) is 11.7 Å². The van der Waals surface area contributed by atoms with Gasteiger partial charge in [0.1, 0.15) is 0 Å². The number of halogens is 1. The van der Waals surface area contributed by atoms with E-state index in [4.69, 9.17) is 0 Å². The zero-order valence-electron chi connectivity index (χ0n) is 17.1. The average Bonchev–Trinajstić information content (AvgIpc) is 2.81. The molecule has 0 spiro atoms. The maximum absolute atomic E-state index is 12.6. The molecular weight excluding hydrogens is 539 g/mol. The number of hydrazone groups is 1. The zero-order chi connectivity index (χ0) is 23.8. The van der Waals surface area contributed by atoms with Crippen LogP contribution in [-0.2, 0) is 4.79 Å². The average molecular weight is 558 g/mol. The molecule has 10 heteroatoms. The van der Waals surface area contributed by atoms with Crippen molar-refractivity contribution in [3.8, 4) is 5.75 Å². The van der Waals surface area contributed by atoms with Gasteiger partial charge in [0.25, 0.3) is 5.91 Å². The maximum atomic E-state index is 12.6. The van der Waals surface area contributed by atoms with Crippen molar-refractivity contribution in [2.75, 3.05) is 0 Å².